The minimum atomic E-state index is 0.732. The normalized spacial score (nSPS) is 20.4. The Morgan fingerprint density at radius 1 is 1.50 bits per heavy atom. The largest absolute Gasteiger partial charge is 0.370 e. The molecule has 1 aromatic heterocycles. The Hall–Kier alpha value is -1.52. The van der Waals surface area contributed by atoms with Crippen molar-refractivity contribution in [3.05, 3.63) is 18.2 Å². The molecule has 2 heterocycles. The van der Waals surface area contributed by atoms with Gasteiger partial charge in [0.25, 0.3) is 0 Å². The van der Waals surface area contributed by atoms with E-state index in [1.165, 1.54) is 12.8 Å². The van der Waals surface area contributed by atoms with Crippen LogP contribution >= 0.6 is 0 Å². The van der Waals surface area contributed by atoms with Crippen molar-refractivity contribution in [3.63, 3.8) is 0 Å². The van der Waals surface area contributed by atoms with Crippen LogP contribution < -0.4 is 5.73 Å². The van der Waals surface area contributed by atoms with E-state index in [-0.39, 0.29) is 0 Å². The highest BCUT2D eigenvalue weighted by atomic mass is 15.3. The Kier molecular flexibility index (Phi) is 5.44. The summed E-state index contributed by atoms with van der Waals surface area (Å²) in [5.74, 6) is 2.55. The first-order valence-electron chi connectivity index (χ1n) is 7.69. The summed E-state index contributed by atoms with van der Waals surface area (Å²) in [6.07, 6.45) is 8.61. The average Bonchev–Trinajstić information content (AvgIpc) is 2.84. The van der Waals surface area contributed by atoms with Gasteiger partial charge >= 0.3 is 0 Å². The van der Waals surface area contributed by atoms with Crippen LogP contribution in [-0.2, 0) is 6.54 Å². The lowest BCUT2D eigenvalue weighted by atomic mass is 10.0. The molecule has 0 aromatic carbocycles. The molecule has 1 fully saturated rings. The molecule has 1 aromatic rings. The van der Waals surface area contributed by atoms with E-state index in [0.29, 0.717) is 0 Å². The lowest BCUT2D eigenvalue weighted by Crippen LogP contribution is -2.43. The predicted octanol–water partition coefficient (Wildman–Crippen LogP) is 2.02. The van der Waals surface area contributed by atoms with Crippen molar-refractivity contribution in [2.45, 2.75) is 46.1 Å². The third-order valence-corrected chi connectivity index (χ3v) is 3.99. The molecule has 2 N–H and O–H groups in total. The first kappa shape index (κ1) is 14.9. The van der Waals surface area contributed by atoms with Crippen LogP contribution in [0.1, 0.15) is 38.4 Å². The highest BCUT2D eigenvalue weighted by Crippen LogP contribution is 2.14. The van der Waals surface area contributed by atoms with Crippen molar-refractivity contribution in [3.8, 4) is 0 Å². The molecule has 20 heavy (non-hydrogen) atoms. The summed E-state index contributed by atoms with van der Waals surface area (Å²) >= 11 is 0. The van der Waals surface area contributed by atoms with Gasteiger partial charge < -0.3 is 15.2 Å². The van der Waals surface area contributed by atoms with Gasteiger partial charge in [-0.3, -0.25) is 4.99 Å². The van der Waals surface area contributed by atoms with Crippen molar-refractivity contribution in [2.75, 3.05) is 19.6 Å². The molecule has 0 bridgehead atoms. The number of hydrogen-bond donors (Lipinski definition) is 1. The summed E-state index contributed by atoms with van der Waals surface area (Å²) in [5, 5.41) is 0. The molecule has 0 saturated carbocycles. The molecule has 1 aliphatic rings. The molecule has 0 spiro atoms. The molecule has 5 heteroatoms. The number of aryl methyl sites for hydroxylation is 2. The van der Waals surface area contributed by atoms with Crippen LogP contribution in [-0.4, -0.2) is 40.0 Å². The van der Waals surface area contributed by atoms with Gasteiger partial charge in [-0.15, -0.1) is 0 Å². The second-order valence-electron chi connectivity index (χ2n) is 5.81. The topological polar surface area (TPSA) is 59.4 Å². The van der Waals surface area contributed by atoms with E-state index in [1.54, 1.807) is 0 Å². The number of nitrogens with two attached hydrogens (primary N) is 1. The van der Waals surface area contributed by atoms with Crippen LogP contribution in [0.5, 0.6) is 0 Å². The van der Waals surface area contributed by atoms with Crippen molar-refractivity contribution in [1.29, 1.82) is 0 Å². The molecule has 0 radical (unpaired) electrons. The summed E-state index contributed by atoms with van der Waals surface area (Å²) < 4.78 is 2.18. The number of aliphatic imine (C=N–C) groups is 1. The molecule has 2 rings (SSSR count). The number of guanidine groups is 1. The standard InChI is InChI=1S/C15H27N5/c1-13-6-5-10-20(12-13)15(16)18-7-3-4-9-19-11-8-17-14(19)2/h8,11,13H,3-7,9-10,12H2,1-2H3,(H2,16,18). The number of hydrogen-bond acceptors (Lipinski definition) is 2. The lowest BCUT2D eigenvalue weighted by Gasteiger charge is -2.31. The van der Waals surface area contributed by atoms with Crippen LogP contribution in [0.4, 0.5) is 0 Å². The number of piperidine rings is 1. The van der Waals surface area contributed by atoms with Gasteiger partial charge in [-0.25, -0.2) is 4.98 Å². The molecule has 1 aliphatic heterocycles. The third kappa shape index (κ3) is 4.25. The third-order valence-electron chi connectivity index (χ3n) is 3.99. The molecule has 1 saturated heterocycles. The van der Waals surface area contributed by atoms with Gasteiger partial charge in [-0.05, 0) is 38.5 Å². The fraction of sp³-hybridized carbons (Fsp3) is 0.733. The van der Waals surface area contributed by atoms with Crippen molar-refractivity contribution in [2.24, 2.45) is 16.6 Å². The summed E-state index contributed by atoms with van der Waals surface area (Å²) in [6.45, 7) is 8.28. The summed E-state index contributed by atoms with van der Waals surface area (Å²) in [6, 6.07) is 0. The number of imidazole rings is 1. The Morgan fingerprint density at radius 2 is 2.35 bits per heavy atom. The highest BCUT2D eigenvalue weighted by Gasteiger charge is 2.17. The van der Waals surface area contributed by atoms with Crippen LogP contribution in [0.2, 0.25) is 0 Å². The molecule has 1 unspecified atom stereocenters. The van der Waals surface area contributed by atoms with Crippen molar-refractivity contribution >= 4 is 5.96 Å². The molecule has 0 amide bonds. The van der Waals surface area contributed by atoms with E-state index in [0.717, 1.165) is 56.7 Å². The van der Waals surface area contributed by atoms with E-state index in [2.05, 4.69) is 26.4 Å². The van der Waals surface area contributed by atoms with Gasteiger partial charge in [-0.1, -0.05) is 6.92 Å². The summed E-state index contributed by atoms with van der Waals surface area (Å²) in [7, 11) is 0. The maximum atomic E-state index is 6.07. The zero-order valence-corrected chi connectivity index (χ0v) is 12.8. The Balaban J connectivity index is 1.66. The highest BCUT2D eigenvalue weighted by molar-refractivity contribution is 5.78. The Bertz CT molecular complexity index is 437. The Labute approximate surface area is 121 Å². The van der Waals surface area contributed by atoms with E-state index in [4.69, 9.17) is 5.73 Å². The van der Waals surface area contributed by atoms with Crippen LogP contribution in [0.25, 0.3) is 0 Å². The summed E-state index contributed by atoms with van der Waals surface area (Å²) in [4.78, 5) is 11.0. The van der Waals surface area contributed by atoms with Crippen LogP contribution in [0, 0.1) is 12.8 Å². The number of rotatable bonds is 5. The minimum absolute atomic E-state index is 0.732. The first-order valence-corrected chi connectivity index (χ1v) is 7.69. The van der Waals surface area contributed by atoms with Gasteiger partial charge in [0, 0.05) is 38.6 Å². The van der Waals surface area contributed by atoms with E-state index >= 15 is 0 Å². The van der Waals surface area contributed by atoms with Gasteiger partial charge in [0.1, 0.15) is 5.82 Å². The zero-order valence-electron chi connectivity index (χ0n) is 12.8. The summed E-state index contributed by atoms with van der Waals surface area (Å²) in [5.41, 5.74) is 6.07. The SMILES string of the molecule is Cc1nccn1CCCCN=C(N)N1CCCC(C)C1. The zero-order chi connectivity index (χ0) is 14.4. The van der Waals surface area contributed by atoms with Crippen molar-refractivity contribution < 1.29 is 0 Å². The first-order chi connectivity index (χ1) is 9.66. The lowest BCUT2D eigenvalue weighted by molar-refractivity contribution is 0.270. The number of likely N-dealkylation sites (tertiary alicyclic amines) is 1. The number of nitrogens with zero attached hydrogens (tertiary/aromatic N) is 4. The van der Waals surface area contributed by atoms with E-state index in [1.807, 2.05) is 19.3 Å². The van der Waals surface area contributed by atoms with Crippen molar-refractivity contribution in [1.82, 2.24) is 14.5 Å². The molecular weight excluding hydrogens is 250 g/mol. The molecule has 5 nitrogen and oxygen atoms in total. The van der Waals surface area contributed by atoms with Gasteiger partial charge in [0.05, 0.1) is 0 Å². The van der Waals surface area contributed by atoms with Gasteiger partial charge in [0.2, 0.25) is 0 Å². The molecular formula is C15H27N5. The van der Waals surface area contributed by atoms with Gasteiger partial charge in [-0.2, -0.15) is 0 Å². The van der Waals surface area contributed by atoms with Gasteiger partial charge in [0.15, 0.2) is 5.96 Å². The number of unbranched alkanes of at least 4 members (excludes halogenated alkanes) is 1. The maximum absolute atomic E-state index is 6.07. The predicted molar refractivity (Wildman–Crippen MR) is 82.7 cm³/mol. The molecule has 1 atom stereocenters. The van der Waals surface area contributed by atoms with E-state index < -0.39 is 0 Å². The second kappa shape index (κ2) is 7.31. The van der Waals surface area contributed by atoms with Crippen LogP contribution in [0.15, 0.2) is 17.4 Å². The number of aromatic nitrogens is 2. The fourth-order valence-corrected chi connectivity index (χ4v) is 2.73. The maximum Gasteiger partial charge on any atom is 0.191 e. The van der Waals surface area contributed by atoms with E-state index in [9.17, 15) is 0 Å². The second-order valence-corrected chi connectivity index (χ2v) is 5.81. The Morgan fingerprint density at radius 3 is 3.05 bits per heavy atom. The molecule has 112 valence electrons. The minimum Gasteiger partial charge on any atom is -0.370 e. The average molecular weight is 277 g/mol. The quantitative estimate of drug-likeness (QED) is 0.509. The van der Waals surface area contributed by atoms with Crippen LogP contribution in [0.3, 0.4) is 0 Å². The smallest absolute Gasteiger partial charge is 0.191 e. The fourth-order valence-electron chi connectivity index (χ4n) is 2.73. The monoisotopic (exact) mass is 277 g/mol. The molecule has 0 aliphatic carbocycles.